The zero-order valence-electron chi connectivity index (χ0n) is 21.0. The fraction of sp³-hybridized carbons (Fsp3) is 0.500. The standard InChI is InChI=1S/C28H33Cl2NO5/c1-5-23(25(32)33)31-24(17-9-11-19(29)12-10-17)22(18-7-6-8-20(30)13-18)15-28(4,26(31)34)14-21-16-35-27(2,3)36-21/h6-13,21-24H,5,14-16H2,1-4H3,(H,32,33)/t21?,22-,23+,24-,28+/m1/s1. The molecular weight excluding hydrogens is 501 g/mol. The van der Waals surface area contributed by atoms with Gasteiger partial charge in [0.25, 0.3) is 0 Å². The minimum Gasteiger partial charge on any atom is -0.480 e. The van der Waals surface area contributed by atoms with Crippen molar-refractivity contribution in [3.63, 3.8) is 0 Å². The molecule has 5 atom stereocenters. The summed E-state index contributed by atoms with van der Waals surface area (Å²) in [5.41, 5.74) is 0.920. The third kappa shape index (κ3) is 5.42. The summed E-state index contributed by atoms with van der Waals surface area (Å²) in [5, 5.41) is 11.4. The van der Waals surface area contributed by atoms with E-state index in [0.717, 1.165) is 11.1 Å². The Kier molecular flexibility index (Phi) is 7.73. The van der Waals surface area contributed by atoms with Crippen LogP contribution in [0, 0.1) is 5.41 Å². The predicted molar refractivity (Wildman–Crippen MR) is 139 cm³/mol. The highest BCUT2D eigenvalue weighted by atomic mass is 35.5. The Morgan fingerprint density at radius 1 is 1.11 bits per heavy atom. The first-order valence-electron chi connectivity index (χ1n) is 12.3. The van der Waals surface area contributed by atoms with E-state index in [0.29, 0.717) is 29.5 Å². The first-order valence-corrected chi connectivity index (χ1v) is 13.1. The van der Waals surface area contributed by atoms with E-state index >= 15 is 0 Å². The van der Waals surface area contributed by atoms with Gasteiger partial charge < -0.3 is 19.5 Å². The molecule has 1 amide bonds. The Labute approximate surface area is 222 Å². The molecule has 8 heteroatoms. The van der Waals surface area contributed by atoms with Crippen LogP contribution in [0.4, 0.5) is 0 Å². The van der Waals surface area contributed by atoms with Gasteiger partial charge in [0.1, 0.15) is 6.04 Å². The number of carbonyl (C=O) groups is 2. The third-order valence-corrected chi connectivity index (χ3v) is 7.83. The maximum atomic E-state index is 14.3. The molecule has 2 aromatic carbocycles. The summed E-state index contributed by atoms with van der Waals surface area (Å²) in [6.45, 7) is 7.80. The van der Waals surface area contributed by atoms with Crippen molar-refractivity contribution in [1.29, 1.82) is 0 Å². The van der Waals surface area contributed by atoms with E-state index in [-0.39, 0.29) is 24.3 Å². The molecule has 6 nitrogen and oxygen atoms in total. The van der Waals surface area contributed by atoms with Crippen molar-refractivity contribution in [3.8, 4) is 0 Å². The number of carboxylic acid groups (broad SMARTS) is 1. The van der Waals surface area contributed by atoms with E-state index in [9.17, 15) is 14.7 Å². The number of hydrogen-bond donors (Lipinski definition) is 1. The van der Waals surface area contributed by atoms with Crippen LogP contribution in [0.25, 0.3) is 0 Å². The molecule has 2 aliphatic heterocycles. The number of aliphatic carboxylic acids is 1. The molecule has 1 N–H and O–H groups in total. The van der Waals surface area contributed by atoms with E-state index in [1.54, 1.807) is 24.0 Å². The number of carbonyl (C=O) groups excluding carboxylic acids is 1. The molecule has 4 rings (SSSR count). The van der Waals surface area contributed by atoms with Crippen LogP contribution in [0.5, 0.6) is 0 Å². The highest BCUT2D eigenvalue weighted by molar-refractivity contribution is 6.30. The maximum absolute atomic E-state index is 14.3. The minimum atomic E-state index is -1.03. The van der Waals surface area contributed by atoms with Crippen molar-refractivity contribution < 1.29 is 24.2 Å². The largest absolute Gasteiger partial charge is 0.480 e. The van der Waals surface area contributed by atoms with Gasteiger partial charge in [-0.2, -0.15) is 0 Å². The number of piperidine rings is 1. The van der Waals surface area contributed by atoms with Crippen LogP contribution in [0.1, 0.15) is 70.0 Å². The van der Waals surface area contributed by atoms with Crippen molar-refractivity contribution in [3.05, 3.63) is 69.7 Å². The third-order valence-electron chi connectivity index (χ3n) is 7.34. The summed E-state index contributed by atoms with van der Waals surface area (Å²) in [6.07, 6.45) is 0.936. The van der Waals surface area contributed by atoms with E-state index < -0.39 is 29.3 Å². The van der Waals surface area contributed by atoms with Crippen molar-refractivity contribution >= 4 is 35.1 Å². The van der Waals surface area contributed by atoms with Crippen LogP contribution < -0.4 is 0 Å². The molecular formula is C28H33Cl2NO5. The number of benzene rings is 2. The average Bonchev–Trinajstić information content (AvgIpc) is 3.15. The lowest BCUT2D eigenvalue weighted by molar-refractivity contribution is -0.168. The second-order valence-corrected chi connectivity index (χ2v) is 11.4. The summed E-state index contributed by atoms with van der Waals surface area (Å²) in [4.78, 5) is 28.4. The summed E-state index contributed by atoms with van der Waals surface area (Å²) >= 11 is 12.6. The van der Waals surface area contributed by atoms with Crippen LogP contribution in [-0.4, -0.2) is 46.4 Å². The quantitative estimate of drug-likeness (QED) is 0.441. The molecule has 194 valence electrons. The fourth-order valence-electron chi connectivity index (χ4n) is 5.77. The Balaban J connectivity index is 1.85. The molecule has 2 fully saturated rings. The average molecular weight is 534 g/mol. The van der Waals surface area contributed by atoms with E-state index in [2.05, 4.69) is 0 Å². The van der Waals surface area contributed by atoms with Gasteiger partial charge in [-0.15, -0.1) is 0 Å². The van der Waals surface area contributed by atoms with Gasteiger partial charge in [-0.25, -0.2) is 4.79 Å². The van der Waals surface area contributed by atoms with Gasteiger partial charge in [0, 0.05) is 21.4 Å². The molecule has 2 saturated heterocycles. The fourth-order valence-corrected chi connectivity index (χ4v) is 6.09. The minimum absolute atomic E-state index is 0.191. The van der Waals surface area contributed by atoms with Gasteiger partial charge in [-0.3, -0.25) is 4.79 Å². The summed E-state index contributed by atoms with van der Waals surface area (Å²) in [5.74, 6) is -2.14. The number of rotatable bonds is 7. The van der Waals surface area contributed by atoms with Crippen molar-refractivity contribution in [2.75, 3.05) is 6.61 Å². The highest BCUT2D eigenvalue weighted by Crippen LogP contribution is 2.53. The molecule has 0 aliphatic carbocycles. The van der Waals surface area contributed by atoms with Gasteiger partial charge >= 0.3 is 5.97 Å². The van der Waals surface area contributed by atoms with Crippen molar-refractivity contribution in [2.24, 2.45) is 5.41 Å². The number of carboxylic acids is 1. The van der Waals surface area contributed by atoms with Gasteiger partial charge in [-0.05, 0) is 68.5 Å². The Hall–Kier alpha value is -2.12. The number of nitrogens with zero attached hydrogens (tertiary/aromatic N) is 1. The molecule has 1 unspecified atom stereocenters. The highest BCUT2D eigenvalue weighted by Gasteiger charge is 2.54. The Morgan fingerprint density at radius 2 is 1.81 bits per heavy atom. The maximum Gasteiger partial charge on any atom is 0.326 e. The molecule has 0 radical (unpaired) electrons. The van der Waals surface area contributed by atoms with Crippen LogP contribution in [-0.2, 0) is 19.1 Å². The number of halogens is 2. The normalized spacial score (nSPS) is 28.8. The first kappa shape index (κ1) is 26.9. The number of amides is 1. The Morgan fingerprint density at radius 3 is 2.36 bits per heavy atom. The van der Waals surface area contributed by atoms with E-state index in [1.165, 1.54) is 0 Å². The molecule has 2 aromatic rings. The summed E-state index contributed by atoms with van der Waals surface area (Å²) < 4.78 is 11.8. The van der Waals surface area contributed by atoms with Crippen LogP contribution in [0.15, 0.2) is 48.5 Å². The first-order chi connectivity index (χ1) is 16.9. The summed E-state index contributed by atoms with van der Waals surface area (Å²) in [7, 11) is 0. The predicted octanol–water partition coefficient (Wildman–Crippen LogP) is 6.46. The van der Waals surface area contributed by atoms with Crippen LogP contribution >= 0.6 is 23.2 Å². The lowest BCUT2D eigenvalue weighted by atomic mass is 9.66. The number of hydrogen-bond acceptors (Lipinski definition) is 4. The SMILES string of the molecule is CC[C@@H](C(=O)O)N1C(=O)[C@@](C)(CC2COC(C)(C)O2)C[C@H](c2cccc(Cl)c2)[C@H]1c1ccc(Cl)cc1. The smallest absolute Gasteiger partial charge is 0.326 e. The van der Waals surface area contributed by atoms with Gasteiger partial charge in [-0.1, -0.05) is 61.3 Å². The topological polar surface area (TPSA) is 76.1 Å². The zero-order chi connectivity index (χ0) is 26.3. The second-order valence-electron chi connectivity index (χ2n) is 10.6. The molecule has 2 heterocycles. The van der Waals surface area contributed by atoms with E-state index in [4.69, 9.17) is 32.7 Å². The van der Waals surface area contributed by atoms with Crippen LogP contribution in [0.2, 0.25) is 10.0 Å². The Bertz CT molecular complexity index is 1120. The van der Waals surface area contributed by atoms with Gasteiger partial charge in [0.15, 0.2) is 5.79 Å². The summed E-state index contributed by atoms with van der Waals surface area (Å²) in [6, 6.07) is 13.4. The zero-order valence-corrected chi connectivity index (χ0v) is 22.6. The van der Waals surface area contributed by atoms with Gasteiger partial charge in [0.2, 0.25) is 5.91 Å². The molecule has 2 aliphatic rings. The lowest BCUT2D eigenvalue weighted by Gasteiger charge is -2.51. The van der Waals surface area contributed by atoms with E-state index in [1.807, 2.05) is 57.2 Å². The van der Waals surface area contributed by atoms with Crippen molar-refractivity contribution in [2.45, 2.75) is 76.9 Å². The molecule has 0 saturated carbocycles. The number of likely N-dealkylation sites (tertiary alicyclic amines) is 1. The molecule has 36 heavy (non-hydrogen) atoms. The van der Waals surface area contributed by atoms with Crippen LogP contribution in [0.3, 0.4) is 0 Å². The molecule has 0 spiro atoms. The monoisotopic (exact) mass is 533 g/mol. The second kappa shape index (κ2) is 10.3. The number of ether oxygens (including phenoxy) is 2. The van der Waals surface area contributed by atoms with Crippen molar-refractivity contribution in [1.82, 2.24) is 4.90 Å². The van der Waals surface area contributed by atoms with Gasteiger partial charge in [0.05, 0.1) is 18.8 Å². The lowest BCUT2D eigenvalue weighted by Crippen LogP contribution is -2.58. The molecule has 0 aromatic heterocycles. The molecule has 0 bridgehead atoms.